The molecule has 0 unspecified atom stereocenters. The Balaban J connectivity index is 2.21. The molecule has 2 N–H and O–H groups in total. The highest BCUT2D eigenvalue weighted by molar-refractivity contribution is 5.91. The molecule has 0 saturated carbocycles. The van der Waals surface area contributed by atoms with Gasteiger partial charge in [-0.15, -0.1) is 0 Å². The highest BCUT2D eigenvalue weighted by Crippen LogP contribution is 2.33. The van der Waals surface area contributed by atoms with E-state index in [1.165, 1.54) is 36.4 Å². The summed E-state index contributed by atoms with van der Waals surface area (Å²) < 4.78 is 40.7. The van der Waals surface area contributed by atoms with Crippen molar-refractivity contribution in [1.82, 2.24) is 4.98 Å². The zero-order valence-electron chi connectivity index (χ0n) is 12.3. The summed E-state index contributed by atoms with van der Waals surface area (Å²) >= 11 is 0. The van der Waals surface area contributed by atoms with Crippen LogP contribution in [0.25, 0.3) is 22.2 Å². The van der Waals surface area contributed by atoms with Crippen molar-refractivity contribution in [3.05, 3.63) is 71.6 Å². The van der Waals surface area contributed by atoms with Gasteiger partial charge in [-0.05, 0) is 47.9 Å². The van der Waals surface area contributed by atoms with Crippen LogP contribution in [-0.4, -0.2) is 16.1 Å². The summed E-state index contributed by atoms with van der Waals surface area (Å²) in [6.07, 6.45) is 2.51. The standard InChI is InChI=1S/C18H12F3NO2/c19-11-6-4-10(5-7-11)17-13(2-1-3-16(23)24)14-8-12(20)9-15(21)18(14)22-17/h1,3-9,22H,2H2,(H,23,24)/b3-1+. The highest BCUT2D eigenvalue weighted by Gasteiger charge is 2.16. The van der Waals surface area contributed by atoms with Gasteiger partial charge in [0.1, 0.15) is 17.5 Å². The summed E-state index contributed by atoms with van der Waals surface area (Å²) in [7, 11) is 0. The van der Waals surface area contributed by atoms with Gasteiger partial charge < -0.3 is 10.1 Å². The van der Waals surface area contributed by atoms with Gasteiger partial charge in [0.2, 0.25) is 0 Å². The first-order valence-electron chi connectivity index (χ1n) is 7.10. The molecule has 0 saturated heterocycles. The molecule has 2 aromatic carbocycles. The molecule has 0 bridgehead atoms. The lowest BCUT2D eigenvalue weighted by atomic mass is 10.0. The van der Waals surface area contributed by atoms with E-state index in [9.17, 15) is 18.0 Å². The van der Waals surface area contributed by atoms with Crippen LogP contribution >= 0.6 is 0 Å². The van der Waals surface area contributed by atoms with Gasteiger partial charge in [0, 0.05) is 17.5 Å². The number of fused-ring (bicyclic) bond motifs is 1. The summed E-state index contributed by atoms with van der Waals surface area (Å²) in [5.74, 6) is -3.01. The van der Waals surface area contributed by atoms with E-state index in [1.807, 2.05) is 0 Å². The van der Waals surface area contributed by atoms with Crippen LogP contribution in [0.2, 0.25) is 0 Å². The average Bonchev–Trinajstić information content (AvgIpc) is 2.87. The second-order valence-corrected chi connectivity index (χ2v) is 5.24. The van der Waals surface area contributed by atoms with Crippen LogP contribution in [0.3, 0.4) is 0 Å². The Morgan fingerprint density at radius 2 is 1.79 bits per heavy atom. The SMILES string of the molecule is O=C(O)/C=C/Cc1c(-c2ccc(F)cc2)[nH]c2c(F)cc(F)cc12. The largest absolute Gasteiger partial charge is 0.478 e. The molecule has 0 atom stereocenters. The van der Waals surface area contributed by atoms with E-state index < -0.39 is 23.4 Å². The predicted octanol–water partition coefficient (Wildman–Crippen LogP) is 4.44. The van der Waals surface area contributed by atoms with E-state index in [4.69, 9.17) is 5.11 Å². The second-order valence-electron chi connectivity index (χ2n) is 5.24. The van der Waals surface area contributed by atoms with E-state index in [-0.39, 0.29) is 11.9 Å². The van der Waals surface area contributed by atoms with Crippen molar-refractivity contribution in [3.63, 3.8) is 0 Å². The van der Waals surface area contributed by atoms with Crippen LogP contribution in [0.4, 0.5) is 13.2 Å². The Bertz CT molecular complexity index is 943. The van der Waals surface area contributed by atoms with E-state index in [0.717, 1.165) is 12.1 Å². The summed E-state index contributed by atoms with van der Waals surface area (Å²) in [6, 6.07) is 7.50. The zero-order chi connectivity index (χ0) is 17.3. The number of carbonyl (C=O) groups is 1. The van der Waals surface area contributed by atoms with E-state index in [2.05, 4.69) is 4.98 Å². The number of hydrogen-bond donors (Lipinski definition) is 2. The summed E-state index contributed by atoms with van der Waals surface area (Å²) in [6.45, 7) is 0. The molecule has 3 rings (SSSR count). The highest BCUT2D eigenvalue weighted by atomic mass is 19.1. The number of carboxylic acids is 1. The fourth-order valence-electron chi connectivity index (χ4n) is 2.63. The fraction of sp³-hybridized carbons (Fsp3) is 0.0556. The molecule has 0 aliphatic rings. The van der Waals surface area contributed by atoms with Crippen LogP contribution in [0, 0.1) is 17.5 Å². The van der Waals surface area contributed by atoms with Gasteiger partial charge in [-0.1, -0.05) is 6.08 Å². The summed E-state index contributed by atoms with van der Waals surface area (Å²) in [4.78, 5) is 13.5. The van der Waals surface area contributed by atoms with E-state index in [1.54, 1.807) is 0 Å². The first kappa shape index (κ1) is 15.9. The first-order chi connectivity index (χ1) is 11.5. The normalized spacial score (nSPS) is 11.5. The average molecular weight is 331 g/mol. The van der Waals surface area contributed by atoms with Crippen LogP contribution in [-0.2, 0) is 11.2 Å². The van der Waals surface area contributed by atoms with Crippen molar-refractivity contribution >= 4 is 16.9 Å². The Morgan fingerprint density at radius 3 is 2.46 bits per heavy atom. The third kappa shape index (κ3) is 3.03. The fourth-order valence-corrected chi connectivity index (χ4v) is 2.63. The Hall–Kier alpha value is -3.02. The number of hydrogen-bond acceptors (Lipinski definition) is 1. The van der Waals surface area contributed by atoms with Crippen molar-refractivity contribution in [2.45, 2.75) is 6.42 Å². The van der Waals surface area contributed by atoms with Gasteiger partial charge >= 0.3 is 5.97 Å². The number of rotatable bonds is 4. The maximum atomic E-state index is 14.0. The number of nitrogens with one attached hydrogen (secondary N) is 1. The topological polar surface area (TPSA) is 53.1 Å². The molecule has 1 heterocycles. The Labute approximate surface area is 135 Å². The molecule has 0 spiro atoms. The van der Waals surface area contributed by atoms with Crippen molar-refractivity contribution in [2.24, 2.45) is 0 Å². The lowest BCUT2D eigenvalue weighted by Gasteiger charge is -2.03. The van der Waals surface area contributed by atoms with Crippen LogP contribution in [0.15, 0.2) is 48.6 Å². The molecule has 1 aromatic heterocycles. The van der Waals surface area contributed by atoms with Gasteiger partial charge in [-0.3, -0.25) is 0 Å². The Kier molecular flexibility index (Phi) is 4.12. The van der Waals surface area contributed by atoms with Crippen LogP contribution in [0.5, 0.6) is 0 Å². The van der Waals surface area contributed by atoms with Gasteiger partial charge in [0.15, 0.2) is 0 Å². The minimum Gasteiger partial charge on any atom is -0.478 e. The third-order valence-electron chi connectivity index (χ3n) is 3.65. The first-order valence-corrected chi connectivity index (χ1v) is 7.10. The molecule has 0 amide bonds. The van der Waals surface area contributed by atoms with Crippen molar-refractivity contribution in [2.75, 3.05) is 0 Å². The molecule has 3 aromatic rings. The molecule has 6 heteroatoms. The minimum atomic E-state index is -1.12. The molecule has 122 valence electrons. The number of aliphatic carboxylic acids is 1. The lowest BCUT2D eigenvalue weighted by molar-refractivity contribution is -0.131. The minimum absolute atomic E-state index is 0.120. The third-order valence-corrected chi connectivity index (χ3v) is 3.65. The van der Waals surface area contributed by atoms with Crippen LogP contribution < -0.4 is 0 Å². The summed E-state index contributed by atoms with van der Waals surface area (Å²) in [5, 5.41) is 9.03. The number of aromatic amines is 1. The molecular formula is C18H12F3NO2. The van der Waals surface area contributed by atoms with Gasteiger partial charge in [0.25, 0.3) is 0 Å². The Morgan fingerprint density at radius 1 is 1.08 bits per heavy atom. The maximum Gasteiger partial charge on any atom is 0.327 e. The van der Waals surface area contributed by atoms with Crippen molar-refractivity contribution < 1.29 is 23.1 Å². The smallest absolute Gasteiger partial charge is 0.327 e. The van der Waals surface area contributed by atoms with Gasteiger partial charge in [-0.2, -0.15) is 0 Å². The monoisotopic (exact) mass is 331 g/mol. The zero-order valence-corrected chi connectivity index (χ0v) is 12.3. The van der Waals surface area contributed by atoms with E-state index in [0.29, 0.717) is 22.2 Å². The molecule has 0 radical (unpaired) electrons. The molecular weight excluding hydrogens is 319 g/mol. The second kappa shape index (κ2) is 6.23. The maximum absolute atomic E-state index is 14.0. The summed E-state index contributed by atoms with van der Waals surface area (Å²) in [5.41, 5.74) is 1.73. The van der Waals surface area contributed by atoms with E-state index >= 15 is 0 Å². The van der Waals surface area contributed by atoms with Crippen molar-refractivity contribution in [3.8, 4) is 11.3 Å². The van der Waals surface area contributed by atoms with Gasteiger partial charge in [-0.25, -0.2) is 18.0 Å². The number of carboxylic acid groups (broad SMARTS) is 1. The number of aromatic nitrogens is 1. The predicted molar refractivity (Wildman–Crippen MR) is 84.1 cm³/mol. The van der Waals surface area contributed by atoms with Crippen LogP contribution in [0.1, 0.15) is 5.56 Å². The van der Waals surface area contributed by atoms with Crippen molar-refractivity contribution in [1.29, 1.82) is 0 Å². The molecule has 24 heavy (non-hydrogen) atoms. The number of halogens is 3. The molecule has 0 aliphatic heterocycles. The number of benzene rings is 2. The quantitative estimate of drug-likeness (QED) is 0.695. The number of H-pyrrole nitrogens is 1. The van der Waals surface area contributed by atoms with Gasteiger partial charge in [0.05, 0.1) is 11.2 Å². The molecule has 3 nitrogen and oxygen atoms in total. The number of allylic oxidation sites excluding steroid dienone is 1. The molecule has 0 aliphatic carbocycles. The lowest BCUT2D eigenvalue weighted by Crippen LogP contribution is -1.90. The molecule has 0 fully saturated rings.